The molecule has 0 aliphatic rings. The van der Waals surface area contributed by atoms with Gasteiger partial charge in [0.2, 0.25) is 12.1 Å². The topological polar surface area (TPSA) is 240 Å². The average Bonchev–Trinajstić information content (AvgIpc) is 3.86. The van der Waals surface area contributed by atoms with Crippen LogP contribution in [-0.2, 0) is 44.2 Å². The summed E-state index contributed by atoms with van der Waals surface area (Å²) in [5.41, 5.74) is 1.93. The molecule has 0 aliphatic carbocycles. The SMILES string of the molecule is CCCc1nc(C(C)(C)O)c(C(=O)OCc2oc(=O)oc2C)n1Cc1ccc(-c2ccccc2-c2nnn(C(C)OC(=O)OCCCCON(O)O)n2)cc1. The van der Waals surface area contributed by atoms with E-state index in [0.29, 0.717) is 36.5 Å². The van der Waals surface area contributed by atoms with Crippen molar-refractivity contribution >= 4 is 12.1 Å². The van der Waals surface area contributed by atoms with Crippen molar-refractivity contribution < 1.29 is 53.0 Å². The highest BCUT2D eigenvalue weighted by molar-refractivity contribution is 5.89. The predicted octanol–water partition coefficient (Wildman–Crippen LogP) is 5.11. The number of hydrogen-bond donors (Lipinski definition) is 3. The number of hydrogen-bond acceptors (Lipinski definition) is 17. The average molecular weight is 766 g/mol. The summed E-state index contributed by atoms with van der Waals surface area (Å²) >= 11 is 0. The quantitative estimate of drug-likeness (QED) is 0.0596. The molecule has 0 saturated carbocycles. The zero-order chi connectivity index (χ0) is 39.7. The maximum atomic E-state index is 13.6. The van der Waals surface area contributed by atoms with E-state index in [9.17, 15) is 19.5 Å². The van der Waals surface area contributed by atoms with E-state index in [1.54, 1.807) is 25.3 Å². The number of aryl methyl sites for hydroxylation is 2. The fraction of sp³-hybridized carbons (Fsp3) is 0.417. The summed E-state index contributed by atoms with van der Waals surface area (Å²) in [5, 5.41) is 40.4. The maximum Gasteiger partial charge on any atom is 0.519 e. The predicted molar refractivity (Wildman–Crippen MR) is 188 cm³/mol. The molecule has 5 aromatic rings. The molecular formula is C36H43N7O12. The molecule has 3 N–H and O–H groups in total. The Balaban J connectivity index is 1.31. The lowest BCUT2D eigenvalue weighted by atomic mass is 9.98. The van der Waals surface area contributed by atoms with Crippen molar-refractivity contribution in [3.05, 3.63) is 93.4 Å². The number of carbonyl (C=O) groups is 2. The first-order valence-corrected chi connectivity index (χ1v) is 17.5. The molecule has 0 fully saturated rings. The molecule has 3 aromatic heterocycles. The van der Waals surface area contributed by atoms with E-state index in [4.69, 9.17) is 33.5 Å². The molecule has 5 rings (SSSR count). The van der Waals surface area contributed by atoms with E-state index in [0.717, 1.165) is 27.9 Å². The van der Waals surface area contributed by atoms with Gasteiger partial charge in [-0.2, -0.15) is 0 Å². The van der Waals surface area contributed by atoms with Crippen molar-refractivity contribution in [3.63, 3.8) is 0 Å². The number of unbranched alkanes of at least 4 members (excludes halogenated alkanes) is 1. The second kappa shape index (κ2) is 18.1. The third kappa shape index (κ3) is 10.5. The lowest BCUT2D eigenvalue weighted by Gasteiger charge is -2.17. The highest BCUT2D eigenvalue weighted by atomic mass is 17.1. The Hall–Kier alpha value is -5.73. The van der Waals surface area contributed by atoms with Crippen molar-refractivity contribution in [2.75, 3.05) is 13.2 Å². The summed E-state index contributed by atoms with van der Waals surface area (Å²) in [6.07, 6.45) is 0.197. The lowest BCUT2D eigenvalue weighted by molar-refractivity contribution is -0.492. The summed E-state index contributed by atoms with van der Waals surface area (Å²) in [7, 11) is 0. The van der Waals surface area contributed by atoms with Gasteiger partial charge in [-0.1, -0.05) is 55.5 Å². The minimum Gasteiger partial charge on any atom is -0.453 e. The first-order chi connectivity index (χ1) is 26.2. The Morgan fingerprint density at radius 2 is 1.71 bits per heavy atom. The molecule has 3 heterocycles. The van der Waals surface area contributed by atoms with Gasteiger partial charge < -0.3 is 32.7 Å². The van der Waals surface area contributed by atoms with E-state index in [-0.39, 0.29) is 54.7 Å². The van der Waals surface area contributed by atoms with Crippen LogP contribution < -0.4 is 5.82 Å². The number of rotatable bonds is 18. The number of imidazole rings is 1. The van der Waals surface area contributed by atoms with Gasteiger partial charge in [0.1, 0.15) is 17.1 Å². The van der Waals surface area contributed by atoms with E-state index < -0.39 is 29.8 Å². The molecule has 0 saturated heterocycles. The first-order valence-electron chi connectivity index (χ1n) is 17.5. The van der Waals surface area contributed by atoms with Crippen LogP contribution in [0, 0.1) is 6.92 Å². The molecular weight excluding hydrogens is 722 g/mol. The summed E-state index contributed by atoms with van der Waals surface area (Å²) in [6.45, 7) is 8.10. The molecule has 1 unspecified atom stereocenters. The fourth-order valence-corrected chi connectivity index (χ4v) is 5.54. The van der Waals surface area contributed by atoms with Gasteiger partial charge in [-0.25, -0.2) is 19.4 Å². The molecule has 294 valence electrons. The van der Waals surface area contributed by atoms with Gasteiger partial charge in [0, 0.05) is 18.5 Å². The monoisotopic (exact) mass is 765 g/mol. The molecule has 0 aliphatic heterocycles. The van der Waals surface area contributed by atoms with Crippen molar-refractivity contribution in [1.82, 2.24) is 35.1 Å². The number of tetrazole rings is 1. The molecule has 0 spiro atoms. The van der Waals surface area contributed by atoms with E-state index in [1.165, 1.54) is 6.92 Å². The van der Waals surface area contributed by atoms with Gasteiger partial charge in [0.15, 0.2) is 23.8 Å². The minimum atomic E-state index is -1.47. The van der Waals surface area contributed by atoms with Crippen molar-refractivity contribution in [1.29, 1.82) is 0 Å². The molecule has 0 amide bonds. The molecule has 1 atom stereocenters. The van der Waals surface area contributed by atoms with Crippen LogP contribution in [0.3, 0.4) is 0 Å². The van der Waals surface area contributed by atoms with Crippen LogP contribution in [0.2, 0.25) is 0 Å². The number of aliphatic hydroxyl groups is 1. The maximum absolute atomic E-state index is 13.6. The van der Waals surface area contributed by atoms with Crippen LogP contribution in [-0.4, -0.2) is 76.0 Å². The molecule has 19 nitrogen and oxygen atoms in total. The number of carbonyl (C=O) groups excluding carboxylic acids is 2. The van der Waals surface area contributed by atoms with Crippen molar-refractivity contribution in [2.24, 2.45) is 0 Å². The third-order valence-electron chi connectivity index (χ3n) is 8.22. The second-order valence-corrected chi connectivity index (χ2v) is 12.9. The largest absolute Gasteiger partial charge is 0.519 e. The smallest absolute Gasteiger partial charge is 0.453 e. The third-order valence-corrected chi connectivity index (χ3v) is 8.22. The van der Waals surface area contributed by atoms with E-state index in [2.05, 4.69) is 25.2 Å². The van der Waals surface area contributed by atoms with Crippen LogP contribution in [0.25, 0.3) is 22.5 Å². The van der Waals surface area contributed by atoms with Crippen LogP contribution in [0.4, 0.5) is 4.79 Å². The highest BCUT2D eigenvalue weighted by Gasteiger charge is 2.33. The van der Waals surface area contributed by atoms with Crippen LogP contribution >= 0.6 is 0 Å². The molecule has 55 heavy (non-hydrogen) atoms. The zero-order valence-electron chi connectivity index (χ0n) is 31.0. The number of aromatic nitrogens is 6. The normalized spacial score (nSPS) is 12.2. The number of esters is 1. The van der Waals surface area contributed by atoms with Crippen LogP contribution in [0.5, 0.6) is 0 Å². The van der Waals surface area contributed by atoms with Gasteiger partial charge in [-0.05, 0) is 68.9 Å². The first kappa shape index (κ1) is 40.5. The molecule has 19 heteroatoms. The standard InChI is InChI=1S/C36H43N7O12/c1-6-11-29-37-31(36(4,5)47)30(33(44)51-21-28-22(2)53-35(46)55-28)41(29)20-24-14-16-25(17-15-24)26-12-7-8-13-27(26)32-38-40-42(39-32)23(3)54-34(45)50-18-9-10-19-52-43(48)49/h7-8,12-17,23,47-49H,6,9-11,18-21H2,1-5H3. The van der Waals surface area contributed by atoms with Gasteiger partial charge in [-0.3, -0.25) is 15.3 Å². The molecule has 0 radical (unpaired) electrons. The Morgan fingerprint density at radius 1 is 1.00 bits per heavy atom. The lowest BCUT2D eigenvalue weighted by Crippen LogP contribution is -2.23. The van der Waals surface area contributed by atoms with Crippen molar-refractivity contribution in [2.45, 2.75) is 85.3 Å². The molecule has 2 aromatic carbocycles. The van der Waals surface area contributed by atoms with Gasteiger partial charge in [0.25, 0.3) is 0 Å². The summed E-state index contributed by atoms with van der Waals surface area (Å²) in [4.78, 5) is 47.5. The minimum absolute atomic E-state index is 0.0206. The highest BCUT2D eigenvalue weighted by Crippen LogP contribution is 2.31. The van der Waals surface area contributed by atoms with Gasteiger partial charge in [0.05, 0.1) is 18.6 Å². The van der Waals surface area contributed by atoms with E-state index in [1.807, 2.05) is 55.5 Å². The number of benzene rings is 2. The Kier molecular flexibility index (Phi) is 13.3. The molecule has 0 bridgehead atoms. The van der Waals surface area contributed by atoms with Gasteiger partial charge >= 0.3 is 17.9 Å². The summed E-state index contributed by atoms with van der Waals surface area (Å²) < 4.78 is 27.4. The van der Waals surface area contributed by atoms with Crippen LogP contribution in [0.15, 0.2) is 62.2 Å². The number of ether oxygens (including phenoxy) is 3. The Labute approximate surface area is 314 Å². The summed E-state index contributed by atoms with van der Waals surface area (Å²) in [6, 6.07) is 15.1. The second-order valence-electron chi connectivity index (χ2n) is 12.9. The Morgan fingerprint density at radius 3 is 2.36 bits per heavy atom. The van der Waals surface area contributed by atoms with E-state index >= 15 is 0 Å². The van der Waals surface area contributed by atoms with Gasteiger partial charge in [-0.15, -0.1) is 15.0 Å². The zero-order valence-corrected chi connectivity index (χ0v) is 31.0. The fourth-order valence-electron chi connectivity index (χ4n) is 5.54. The summed E-state index contributed by atoms with van der Waals surface area (Å²) in [5.74, 6) is -0.489. The van der Waals surface area contributed by atoms with Crippen LogP contribution in [0.1, 0.15) is 92.3 Å². The number of nitrogens with zero attached hydrogens (tertiary/aromatic N) is 7. The Bertz CT molecular complexity index is 2110. The van der Waals surface area contributed by atoms with Crippen molar-refractivity contribution in [3.8, 4) is 22.5 Å².